The second-order valence-electron chi connectivity index (χ2n) is 5.73. The van der Waals surface area contributed by atoms with Gasteiger partial charge in [0.1, 0.15) is 29.8 Å². The third-order valence-corrected chi connectivity index (χ3v) is 4.48. The van der Waals surface area contributed by atoms with Crippen molar-refractivity contribution in [3.8, 4) is 11.4 Å². The second-order valence-corrected chi connectivity index (χ2v) is 6.55. The van der Waals surface area contributed by atoms with Crippen LogP contribution in [0.2, 0.25) is 10.0 Å². The number of imidazole rings is 1. The van der Waals surface area contributed by atoms with E-state index in [9.17, 15) is 5.11 Å². The molecule has 0 aliphatic carbocycles. The molecule has 0 radical (unpaired) electrons. The van der Waals surface area contributed by atoms with E-state index in [0.717, 1.165) is 0 Å². The van der Waals surface area contributed by atoms with Gasteiger partial charge in [0.25, 0.3) is 0 Å². The first-order valence-corrected chi connectivity index (χ1v) is 8.70. The summed E-state index contributed by atoms with van der Waals surface area (Å²) in [4.78, 5) is 24.2. The number of nitrogens with zero attached hydrogens (tertiary/aromatic N) is 5. The predicted molar refractivity (Wildman–Crippen MR) is 103 cm³/mol. The highest BCUT2D eigenvalue weighted by atomic mass is 35.5. The lowest BCUT2D eigenvalue weighted by molar-refractivity contribution is 0.194. The van der Waals surface area contributed by atoms with E-state index in [4.69, 9.17) is 23.2 Å². The van der Waals surface area contributed by atoms with E-state index in [-0.39, 0.29) is 0 Å². The van der Waals surface area contributed by atoms with E-state index in [0.29, 0.717) is 49.9 Å². The van der Waals surface area contributed by atoms with E-state index in [2.05, 4.69) is 35.2 Å². The molecule has 3 heterocycles. The zero-order valence-corrected chi connectivity index (χ0v) is 15.5. The molecule has 136 valence electrons. The summed E-state index contributed by atoms with van der Waals surface area (Å²) in [7, 11) is 0. The molecule has 0 amide bonds. The van der Waals surface area contributed by atoms with Gasteiger partial charge < -0.3 is 15.4 Å². The van der Waals surface area contributed by atoms with Gasteiger partial charge in [-0.25, -0.2) is 24.9 Å². The highest BCUT2D eigenvalue weighted by Crippen LogP contribution is 2.34. The van der Waals surface area contributed by atoms with Crippen molar-refractivity contribution < 1.29 is 5.11 Å². The molecule has 3 N–H and O–H groups in total. The molecule has 4 rings (SSSR count). The Balaban J connectivity index is 1.77. The topological polar surface area (TPSA) is 112 Å². The Bertz CT molecular complexity index is 1110. The number of aromatic amines is 1. The zero-order chi connectivity index (χ0) is 19.0. The molecule has 0 saturated carbocycles. The summed E-state index contributed by atoms with van der Waals surface area (Å²) in [5, 5.41) is 13.7. The summed E-state index contributed by atoms with van der Waals surface area (Å²) in [6, 6.07) is 6.87. The number of rotatable bonds is 4. The van der Waals surface area contributed by atoms with Crippen molar-refractivity contribution in [2.45, 2.75) is 13.0 Å². The second kappa shape index (κ2) is 7.07. The fourth-order valence-electron chi connectivity index (χ4n) is 2.56. The number of hydrogen-bond donors (Lipinski definition) is 3. The van der Waals surface area contributed by atoms with Crippen molar-refractivity contribution >= 4 is 46.0 Å². The Morgan fingerprint density at radius 3 is 2.56 bits per heavy atom. The lowest BCUT2D eigenvalue weighted by Gasteiger charge is -2.07. The number of anilines is 2. The minimum atomic E-state index is -0.708. The van der Waals surface area contributed by atoms with Crippen LogP contribution in [0.3, 0.4) is 0 Å². The molecule has 4 aromatic rings. The van der Waals surface area contributed by atoms with Crippen molar-refractivity contribution in [3.05, 3.63) is 52.7 Å². The van der Waals surface area contributed by atoms with Crippen molar-refractivity contribution in [1.29, 1.82) is 0 Å². The average molecular weight is 402 g/mol. The van der Waals surface area contributed by atoms with Gasteiger partial charge >= 0.3 is 0 Å². The molecule has 10 heteroatoms. The number of aliphatic hydroxyl groups is 1. The lowest BCUT2D eigenvalue weighted by atomic mass is 10.2. The number of benzene rings is 1. The molecule has 0 aliphatic rings. The molecule has 0 bridgehead atoms. The van der Waals surface area contributed by atoms with Crippen LogP contribution in [0.15, 0.2) is 36.9 Å². The fourth-order valence-corrected chi connectivity index (χ4v) is 3.13. The Labute approximate surface area is 163 Å². The van der Waals surface area contributed by atoms with Crippen molar-refractivity contribution in [3.63, 3.8) is 0 Å². The maximum atomic E-state index is 9.68. The molecule has 0 saturated heterocycles. The van der Waals surface area contributed by atoms with E-state index >= 15 is 0 Å². The van der Waals surface area contributed by atoms with Gasteiger partial charge in [-0.2, -0.15) is 0 Å². The number of H-pyrrole nitrogens is 1. The number of halogens is 2. The van der Waals surface area contributed by atoms with Gasteiger partial charge in [0.05, 0.1) is 27.4 Å². The summed E-state index contributed by atoms with van der Waals surface area (Å²) < 4.78 is 0. The number of aliphatic hydroxyl groups excluding tert-OH is 1. The predicted octanol–water partition coefficient (Wildman–Crippen LogP) is 3.91. The standard InChI is InChI=1S/C17H13Cl2N7O/c1-8(27)11-5-12(21-6-20-11)24-16-14-17(23-7-22-16)26-15(25-14)13-9(18)3-2-4-10(13)19/h2-8,27H,1H3,(H2,20,21,22,23,24,25,26). The van der Waals surface area contributed by atoms with Crippen molar-refractivity contribution in [2.75, 3.05) is 5.32 Å². The Hall–Kier alpha value is -2.81. The van der Waals surface area contributed by atoms with E-state index in [1.54, 1.807) is 31.2 Å². The minimum absolute atomic E-state index is 0.447. The summed E-state index contributed by atoms with van der Waals surface area (Å²) in [5.74, 6) is 1.43. The smallest absolute Gasteiger partial charge is 0.183 e. The van der Waals surface area contributed by atoms with E-state index < -0.39 is 6.10 Å². The summed E-state index contributed by atoms with van der Waals surface area (Å²) >= 11 is 12.5. The minimum Gasteiger partial charge on any atom is -0.387 e. The highest BCUT2D eigenvalue weighted by Gasteiger charge is 2.16. The number of fused-ring (bicyclic) bond motifs is 1. The molecular weight excluding hydrogens is 389 g/mol. The molecule has 0 aliphatic heterocycles. The number of hydrogen-bond acceptors (Lipinski definition) is 7. The van der Waals surface area contributed by atoms with Crippen molar-refractivity contribution in [1.82, 2.24) is 29.9 Å². The molecule has 3 aromatic heterocycles. The summed E-state index contributed by atoms with van der Waals surface area (Å²) in [5.41, 5.74) is 2.10. The quantitative estimate of drug-likeness (QED) is 0.474. The van der Waals surface area contributed by atoms with Gasteiger partial charge in [0.2, 0.25) is 0 Å². The van der Waals surface area contributed by atoms with E-state index in [1.807, 2.05) is 0 Å². The maximum absolute atomic E-state index is 9.68. The number of aromatic nitrogens is 6. The van der Waals surface area contributed by atoms with Crippen LogP contribution in [0.4, 0.5) is 11.6 Å². The first-order chi connectivity index (χ1) is 13.0. The van der Waals surface area contributed by atoms with Crippen LogP contribution in [-0.4, -0.2) is 35.0 Å². The third-order valence-electron chi connectivity index (χ3n) is 3.85. The van der Waals surface area contributed by atoms with Crippen LogP contribution >= 0.6 is 23.2 Å². The van der Waals surface area contributed by atoms with Crippen LogP contribution < -0.4 is 5.32 Å². The zero-order valence-electron chi connectivity index (χ0n) is 14.0. The first kappa shape index (κ1) is 17.6. The SMILES string of the molecule is CC(O)c1cc(Nc2ncnc3nc(-c4c(Cl)cccc4Cl)[nH]c23)ncn1. The van der Waals surface area contributed by atoms with Crippen LogP contribution in [0.5, 0.6) is 0 Å². The van der Waals surface area contributed by atoms with Gasteiger partial charge in [-0.3, -0.25) is 0 Å². The molecule has 1 atom stereocenters. The average Bonchev–Trinajstić information content (AvgIpc) is 3.06. The highest BCUT2D eigenvalue weighted by molar-refractivity contribution is 6.39. The van der Waals surface area contributed by atoms with Gasteiger partial charge in [0, 0.05) is 6.07 Å². The molecule has 1 unspecified atom stereocenters. The van der Waals surface area contributed by atoms with Gasteiger partial charge in [0.15, 0.2) is 11.5 Å². The molecule has 1 aromatic carbocycles. The van der Waals surface area contributed by atoms with Crippen LogP contribution in [0, 0.1) is 0 Å². The normalized spacial score (nSPS) is 12.3. The Morgan fingerprint density at radius 1 is 1.07 bits per heavy atom. The van der Waals surface area contributed by atoms with E-state index in [1.165, 1.54) is 12.7 Å². The maximum Gasteiger partial charge on any atom is 0.183 e. The molecular formula is C17H13Cl2N7O. The lowest BCUT2D eigenvalue weighted by Crippen LogP contribution is -2.02. The molecule has 0 fully saturated rings. The number of nitrogens with one attached hydrogen (secondary N) is 2. The monoisotopic (exact) mass is 401 g/mol. The summed E-state index contributed by atoms with van der Waals surface area (Å²) in [6.45, 7) is 1.63. The fraction of sp³-hybridized carbons (Fsp3) is 0.118. The third kappa shape index (κ3) is 3.42. The van der Waals surface area contributed by atoms with Crippen molar-refractivity contribution in [2.24, 2.45) is 0 Å². The molecule has 27 heavy (non-hydrogen) atoms. The first-order valence-electron chi connectivity index (χ1n) is 7.95. The van der Waals surface area contributed by atoms with Gasteiger partial charge in [-0.1, -0.05) is 29.3 Å². The van der Waals surface area contributed by atoms with Crippen LogP contribution in [0.25, 0.3) is 22.6 Å². The Morgan fingerprint density at radius 2 is 1.81 bits per heavy atom. The summed E-state index contributed by atoms with van der Waals surface area (Å²) in [6.07, 6.45) is 2.05. The van der Waals surface area contributed by atoms with Crippen LogP contribution in [-0.2, 0) is 0 Å². The van der Waals surface area contributed by atoms with Gasteiger partial charge in [-0.15, -0.1) is 0 Å². The molecule has 0 spiro atoms. The largest absolute Gasteiger partial charge is 0.387 e. The molecule has 8 nitrogen and oxygen atoms in total. The van der Waals surface area contributed by atoms with Crippen LogP contribution in [0.1, 0.15) is 18.7 Å². The van der Waals surface area contributed by atoms with Gasteiger partial charge in [-0.05, 0) is 19.1 Å². The Kier molecular flexibility index (Phi) is 4.61.